The monoisotopic (exact) mass is 341 g/mol. The zero-order valence-electron chi connectivity index (χ0n) is 12.8. The standard InChI is InChI=1S/C16H24BrNO2/c1-12(6-10-15(19)20-16(2,3)4)5-8-14-9-7-13(17)11-18-14/h7,9,11-12H,5-6,8,10H2,1-4H3. The van der Waals surface area contributed by atoms with Crippen molar-refractivity contribution in [3.05, 3.63) is 28.5 Å². The molecule has 0 aliphatic carbocycles. The second kappa shape index (κ2) is 7.77. The lowest BCUT2D eigenvalue weighted by Crippen LogP contribution is -2.24. The van der Waals surface area contributed by atoms with Crippen molar-refractivity contribution < 1.29 is 9.53 Å². The molecule has 1 atom stereocenters. The number of halogens is 1. The van der Waals surface area contributed by atoms with Gasteiger partial charge in [-0.1, -0.05) is 6.92 Å². The number of aryl methyl sites for hydroxylation is 1. The molecule has 0 fully saturated rings. The topological polar surface area (TPSA) is 39.2 Å². The predicted octanol–water partition coefficient (Wildman–Crippen LogP) is 4.53. The van der Waals surface area contributed by atoms with Crippen LogP contribution in [0.3, 0.4) is 0 Å². The highest BCUT2D eigenvalue weighted by molar-refractivity contribution is 9.10. The Balaban J connectivity index is 2.25. The average molecular weight is 342 g/mol. The van der Waals surface area contributed by atoms with Crippen LogP contribution in [0.5, 0.6) is 0 Å². The number of ether oxygens (including phenoxy) is 1. The van der Waals surface area contributed by atoms with E-state index >= 15 is 0 Å². The van der Waals surface area contributed by atoms with Gasteiger partial charge in [0.25, 0.3) is 0 Å². The predicted molar refractivity (Wildman–Crippen MR) is 84.5 cm³/mol. The van der Waals surface area contributed by atoms with Crippen molar-refractivity contribution >= 4 is 21.9 Å². The third kappa shape index (κ3) is 7.63. The van der Waals surface area contributed by atoms with E-state index in [0.717, 1.165) is 29.4 Å². The maximum atomic E-state index is 11.6. The summed E-state index contributed by atoms with van der Waals surface area (Å²) >= 11 is 3.38. The average Bonchev–Trinajstić information content (AvgIpc) is 2.33. The number of aromatic nitrogens is 1. The summed E-state index contributed by atoms with van der Waals surface area (Å²) in [4.78, 5) is 16.0. The molecule has 0 bridgehead atoms. The van der Waals surface area contributed by atoms with Gasteiger partial charge in [-0.05, 0) is 74.0 Å². The lowest BCUT2D eigenvalue weighted by Gasteiger charge is -2.20. The number of carbonyl (C=O) groups excluding carboxylic acids is 1. The number of carbonyl (C=O) groups is 1. The molecule has 1 heterocycles. The zero-order valence-corrected chi connectivity index (χ0v) is 14.4. The Hall–Kier alpha value is -0.900. The van der Waals surface area contributed by atoms with Crippen LogP contribution in [0.4, 0.5) is 0 Å². The largest absolute Gasteiger partial charge is 0.460 e. The SMILES string of the molecule is CC(CCC(=O)OC(C)(C)C)CCc1ccc(Br)cn1. The van der Waals surface area contributed by atoms with Crippen molar-refractivity contribution in [1.29, 1.82) is 0 Å². The summed E-state index contributed by atoms with van der Waals surface area (Å²) in [5.41, 5.74) is 0.708. The molecule has 0 amide bonds. The van der Waals surface area contributed by atoms with Crippen LogP contribution in [0.2, 0.25) is 0 Å². The first-order valence-electron chi connectivity index (χ1n) is 7.08. The smallest absolute Gasteiger partial charge is 0.306 e. The fourth-order valence-corrected chi connectivity index (χ4v) is 2.08. The molecule has 0 N–H and O–H groups in total. The van der Waals surface area contributed by atoms with Gasteiger partial charge in [0, 0.05) is 22.8 Å². The fourth-order valence-electron chi connectivity index (χ4n) is 1.85. The number of hydrogen-bond acceptors (Lipinski definition) is 3. The fraction of sp³-hybridized carbons (Fsp3) is 0.625. The molecule has 1 unspecified atom stereocenters. The number of rotatable bonds is 6. The van der Waals surface area contributed by atoms with Crippen molar-refractivity contribution in [3.8, 4) is 0 Å². The molecule has 112 valence electrons. The molecule has 4 heteroatoms. The van der Waals surface area contributed by atoms with Crippen LogP contribution in [0.15, 0.2) is 22.8 Å². The lowest BCUT2D eigenvalue weighted by atomic mass is 9.98. The minimum atomic E-state index is -0.387. The summed E-state index contributed by atoms with van der Waals surface area (Å²) in [6, 6.07) is 4.04. The van der Waals surface area contributed by atoms with Gasteiger partial charge in [0.2, 0.25) is 0 Å². The third-order valence-electron chi connectivity index (χ3n) is 2.94. The van der Waals surface area contributed by atoms with Gasteiger partial charge in [-0.25, -0.2) is 0 Å². The van der Waals surface area contributed by atoms with E-state index in [4.69, 9.17) is 4.74 Å². The van der Waals surface area contributed by atoms with E-state index in [1.54, 1.807) is 0 Å². The normalized spacial score (nSPS) is 13.1. The van der Waals surface area contributed by atoms with Gasteiger partial charge in [0.15, 0.2) is 0 Å². The molecule has 0 aliphatic rings. The highest BCUT2D eigenvalue weighted by Crippen LogP contribution is 2.17. The van der Waals surface area contributed by atoms with Gasteiger partial charge in [-0.3, -0.25) is 9.78 Å². The second-order valence-corrected chi connectivity index (χ2v) is 7.15. The summed E-state index contributed by atoms with van der Waals surface area (Å²) in [5, 5.41) is 0. The number of hydrogen-bond donors (Lipinski definition) is 0. The van der Waals surface area contributed by atoms with E-state index in [0.29, 0.717) is 12.3 Å². The molecule has 1 aromatic rings. The Bertz CT molecular complexity index is 423. The Morgan fingerprint density at radius 3 is 2.60 bits per heavy atom. The van der Waals surface area contributed by atoms with Crippen molar-refractivity contribution in [2.24, 2.45) is 5.92 Å². The Labute approximate surface area is 130 Å². The van der Waals surface area contributed by atoms with Crippen LogP contribution in [0.25, 0.3) is 0 Å². The first-order valence-corrected chi connectivity index (χ1v) is 7.88. The third-order valence-corrected chi connectivity index (χ3v) is 3.41. The van der Waals surface area contributed by atoms with Crippen LogP contribution < -0.4 is 0 Å². The van der Waals surface area contributed by atoms with Gasteiger partial charge in [-0.15, -0.1) is 0 Å². The summed E-state index contributed by atoms with van der Waals surface area (Å²) in [6.45, 7) is 7.86. The van der Waals surface area contributed by atoms with Gasteiger partial charge in [0.05, 0.1) is 0 Å². The zero-order chi connectivity index (χ0) is 15.2. The molecule has 3 nitrogen and oxygen atoms in total. The van der Waals surface area contributed by atoms with E-state index in [2.05, 4.69) is 27.8 Å². The van der Waals surface area contributed by atoms with Gasteiger partial charge in [0.1, 0.15) is 5.60 Å². The highest BCUT2D eigenvalue weighted by atomic mass is 79.9. The molecule has 0 saturated carbocycles. The molecule has 1 aromatic heterocycles. The van der Waals surface area contributed by atoms with E-state index in [-0.39, 0.29) is 11.6 Å². The van der Waals surface area contributed by atoms with Crippen LogP contribution in [0.1, 0.15) is 52.7 Å². The van der Waals surface area contributed by atoms with Crippen LogP contribution in [0, 0.1) is 5.92 Å². The lowest BCUT2D eigenvalue weighted by molar-refractivity contribution is -0.155. The minimum Gasteiger partial charge on any atom is -0.460 e. The van der Waals surface area contributed by atoms with E-state index in [1.165, 1.54) is 0 Å². The maximum Gasteiger partial charge on any atom is 0.306 e. The summed E-state index contributed by atoms with van der Waals surface area (Å²) in [5.74, 6) is 0.388. The number of esters is 1. The number of pyridine rings is 1. The van der Waals surface area contributed by atoms with Crippen LogP contribution >= 0.6 is 15.9 Å². The van der Waals surface area contributed by atoms with Crippen molar-refractivity contribution in [2.45, 2.75) is 59.0 Å². The molecular weight excluding hydrogens is 318 g/mol. The van der Waals surface area contributed by atoms with Gasteiger partial charge >= 0.3 is 5.97 Å². The first kappa shape index (κ1) is 17.2. The minimum absolute atomic E-state index is 0.105. The summed E-state index contributed by atoms with van der Waals surface area (Å²) < 4.78 is 6.31. The maximum absolute atomic E-state index is 11.6. The van der Waals surface area contributed by atoms with E-state index in [1.807, 2.05) is 39.1 Å². The Kier molecular flexibility index (Phi) is 6.66. The van der Waals surface area contributed by atoms with Crippen molar-refractivity contribution in [1.82, 2.24) is 4.98 Å². The highest BCUT2D eigenvalue weighted by Gasteiger charge is 2.16. The molecule has 1 rings (SSSR count). The molecular formula is C16H24BrNO2. The number of nitrogens with zero attached hydrogens (tertiary/aromatic N) is 1. The molecule has 0 radical (unpaired) electrons. The Morgan fingerprint density at radius 2 is 2.05 bits per heavy atom. The van der Waals surface area contributed by atoms with Crippen LogP contribution in [-0.2, 0) is 16.0 Å². The molecule has 0 aromatic carbocycles. The Morgan fingerprint density at radius 1 is 1.35 bits per heavy atom. The van der Waals surface area contributed by atoms with E-state index < -0.39 is 0 Å². The quantitative estimate of drug-likeness (QED) is 0.713. The molecule has 0 spiro atoms. The van der Waals surface area contributed by atoms with Gasteiger partial charge < -0.3 is 4.74 Å². The van der Waals surface area contributed by atoms with Crippen LogP contribution in [-0.4, -0.2) is 16.6 Å². The van der Waals surface area contributed by atoms with E-state index in [9.17, 15) is 4.79 Å². The molecule has 0 aliphatic heterocycles. The summed E-state index contributed by atoms with van der Waals surface area (Å²) in [7, 11) is 0. The van der Waals surface area contributed by atoms with Crippen molar-refractivity contribution in [2.75, 3.05) is 0 Å². The molecule has 20 heavy (non-hydrogen) atoms. The second-order valence-electron chi connectivity index (χ2n) is 6.24. The first-order chi connectivity index (χ1) is 9.26. The van der Waals surface area contributed by atoms with Crippen molar-refractivity contribution in [3.63, 3.8) is 0 Å². The van der Waals surface area contributed by atoms with Gasteiger partial charge in [-0.2, -0.15) is 0 Å². The summed E-state index contributed by atoms with van der Waals surface area (Å²) in [6.07, 6.45) is 5.17. The molecule has 0 saturated heterocycles.